The summed E-state index contributed by atoms with van der Waals surface area (Å²) in [6.07, 6.45) is 3.93. The van der Waals surface area contributed by atoms with Crippen LogP contribution in [0.3, 0.4) is 0 Å². The molecular weight excluding hydrogens is 190 g/mol. The Hall–Kier alpha value is -0.543. The highest BCUT2D eigenvalue weighted by atomic mass is 28.4. The zero-order chi connectivity index (χ0) is 10.8. The van der Waals surface area contributed by atoms with Crippen molar-refractivity contribution < 1.29 is 4.43 Å². The summed E-state index contributed by atoms with van der Waals surface area (Å²) in [6.45, 7) is 12.1. The number of hydrogen-bond acceptors (Lipinski definition) is 1. The van der Waals surface area contributed by atoms with Crippen LogP contribution in [-0.2, 0) is 11.0 Å². The zero-order valence-corrected chi connectivity index (χ0v) is 10.8. The Bertz CT molecular complexity index is 272. The molecule has 0 aliphatic carbocycles. The SMILES string of the molecule is CC(C)(C)[Si](C)(C)OCc1cc[nH]c1. The van der Waals surface area contributed by atoms with Crippen LogP contribution < -0.4 is 0 Å². The maximum absolute atomic E-state index is 6.06. The fraction of sp³-hybridized carbons (Fsp3) is 0.636. The van der Waals surface area contributed by atoms with Crippen molar-refractivity contribution >= 4 is 8.32 Å². The van der Waals surface area contributed by atoms with Crippen LogP contribution in [0.5, 0.6) is 0 Å². The van der Waals surface area contributed by atoms with Crippen molar-refractivity contribution in [2.75, 3.05) is 0 Å². The molecule has 1 rings (SSSR count). The minimum absolute atomic E-state index is 0.295. The lowest BCUT2D eigenvalue weighted by Crippen LogP contribution is -2.40. The molecule has 0 spiro atoms. The van der Waals surface area contributed by atoms with Crippen LogP contribution in [0.1, 0.15) is 26.3 Å². The highest BCUT2D eigenvalue weighted by Gasteiger charge is 2.36. The molecule has 0 saturated carbocycles. The number of aromatic nitrogens is 1. The van der Waals surface area contributed by atoms with Gasteiger partial charge in [-0.2, -0.15) is 0 Å². The fourth-order valence-corrected chi connectivity index (χ4v) is 1.89. The largest absolute Gasteiger partial charge is 0.413 e. The Labute approximate surface area is 87.8 Å². The third-order valence-electron chi connectivity index (χ3n) is 3.07. The van der Waals surface area contributed by atoms with Crippen molar-refractivity contribution in [3.05, 3.63) is 24.0 Å². The molecule has 1 N–H and O–H groups in total. The van der Waals surface area contributed by atoms with Crippen molar-refractivity contribution in [2.24, 2.45) is 0 Å². The van der Waals surface area contributed by atoms with E-state index < -0.39 is 8.32 Å². The molecule has 0 aromatic carbocycles. The predicted molar refractivity (Wildman–Crippen MR) is 62.8 cm³/mol. The van der Waals surface area contributed by atoms with E-state index in [0.29, 0.717) is 5.04 Å². The highest BCUT2D eigenvalue weighted by molar-refractivity contribution is 6.74. The molecule has 2 nitrogen and oxygen atoms in total. The number of H-pyrrole nitrogens is 1. The van der Waals surface area contributed by atoms with Gasteiger partial charge in [0.15, 0.2) is 8.32 Å². The molecule has 14 heavy (non-hydrogen) atoms. The van der Waals surface area contributed by atoms with E-state index in [9.17, 15) is 0 Å². The van der Waals surface area contributed by atoms with E-state index in [2.05, 4.69) is 44.9 Å². The van der Waals surface area contributed by atoms with Crippen molar-refractivity contribution in [1.29, 1.82) is 0 Å². The van der Waals surface area contributed by atoms with Gasteiger partial charge < -0.3 is 9.41 Å². The lowest BCUT2D eigenvalue weighted by atomic mass is 10.2. The summed E-state index contributed by atoms with van der Waals surface area (Å²) in [4.78, 5) is 3.04. The molecule has 0 bridgehead atoms. The van der Waals surface area contributed by atoms with Gasteiger partial charge in [-0.15, -0.1) is 0 Å². The molecule has 0 atom stereocenters. The summed E-state index contributed by atoms with van der Waals surface area (Å²) >= 11 is 0. The van der Waals surface area contributed by atoms with Crippen molar-refractivity contribution in [3.8, 4) is 0 Å². The van der Waals surface area contributed by atoms with Crippen LogP contribution in [0.25, 0.3) is 0 Å². The first-order valence-electron chi connectivity index (χ1n) is 5.08. The van der Waals surface area contributed by atoms with Gasteiger partial charge in [0, 0.05) is 12.4 Å². The van der Waals surface area contributed by atoms with Gasteiger partial charge in [-0.3, -0.25) is 0 Å². The van der Waals surface area contributed by atoms with E-state index in [1.165, 1.54) is 5.56 Å². The lowest BCUT2D eigenvalue weighted by molar-refractivity contribution is 0.276. The molecule has 0 aliphatic heterocycles. The van der Waals surface area contributed by atoms with E-state index in [0.717, 1.165) is 6.61 Å². The number of rotatable bonds is 3. The molecule has 0 amide bonds. The minimum atomic E-state index is -1.57. The molecule has 80 valence electrons. The third-order valence-corrected chi connectivity index (χ3v) is 7.55. The quantitative estimate of drug-likeness (QED) is 0.760. The molecule has 0 fully saturated rings. The van der Waals surface area contributed by atoms with Gasteiger partial charge >= 0.3 is 0 Å². The third kappa shape index (κ3) is 2.72. The maximum atomic E-state index is 6.06. The van der Waals surface area contributed by atoms with E-state index in [1.807, 2.05) is 12.4 Å². The fourth-order valence-electron chi connectivity index (χ4n) is 0.928. The van der Waals surface area contributed by atoms with Gasteiger partial charge in [-0.05, 0) is 29.8 Å². The van der Waals surface area contributed by atoms with E-state index in [1.54, 1.807) is 0 Å². The molecule has 0 unspecified atom stereocenters. The normalized spacial score (nSPS) is 13.2. The second-order valence-corrected chi connectivity index (χ2v) is 10.1. The van der Waals surface area contributed by atoms with Crippen molar-refractivity contribution in [2.45, 2.75) is 45.5 Å². The first-order chi connectivity index (χ1) is 6.33. The summed E-state index contributed by atoms with van der Waals surface area (Å²) in [7, 11) is -1.57. The first kappa shape index (κ1) is 11.5. The van der Waals surface area contributed by atoms with E-state index >= 15 is 0 Å². The van der Waals surface area contributed by atoms with Crippen molar-refractivity contribution in [3.63, 3.8) is 0 Å². The average Bonchev–Trinajstić information content (AvgIpc) is 2.50. The van der Waals surface area contributed by atoms with Gasteiger partial charge in [-0.1, -0.05) is 20.8 Å². The van der Waals surface area contributed by atoms with Gasteiger partial charge in [0.1, 0.15) is 0 Å². The summed E-state index contributed by atoms with van der Waals surface area (Å²) < 4.78 is 6.06. The monoisotopic (exact) mass is 211 g/mol. The molecule has 3 heteroatoms. The van der Waals surface area contributed by atoms with Crippen LogP contribution in [0.2, 0.25) is 18.1 Å². The van der Waals surface area contributed by atoms with Gasteiger partial charge in [0.2, 0.25) is 0 Å². The molecule has 0 aliphatic rings. The lowest BCUT2D eigenvalue weighted by Gasteiger charge is -2.36. The van der Waals surface area contributed by atoms with Gasteiger partial charge in [0.25, 0.3) is 0 Å². The minimum Gasteiger partial charge on any atom is -0.413 e. The van der Waals surface area contributed by atoms with E-state index in [4.69, 9.17) is 4.43 Å². The molecule has 1 aromatic heterocycles. The molecule has 1 aromatic rings. The van der Waals surface area contributed by atoms with E-state index in [-0.39, 0.29) is 0 Å². The number of hydrogen-bond donors (Lipinski definition) is 1. The van der Waals surface area contributed by atoms with Gasteiger partial charge in [-0.25, -0.2) is 0 Å². The van der Waals surface area contributed by atoms with Crippen LogP contribution in [0, 0.1) is 0 Å². The summed E-state index contributed by atoms with van der Waals surface area (Å²) in [5.41, 5.74) is 1.23. The van der Waals surface area contributed by atoms with Crippen LogP contribution in [0.15, 0.2) is 18.5 Å². The summed E-state index contributed by atoms with van der Waals surface area (Å²) in [5.74, 6) is 0. The van der Waals surface area contributed by atoms with Crippen LogP contribution in [-0.4, -0.2) is 13.3 Å². The Balaban J connectivity index is 2.53. The second-order valence-electron chi connectivity index (χ2n) is 5.27. The zero-order valence-electron chi connectivity index (χ0n) is 9.85. The average molecular weight is 211 g/mol. The summed E-state index contributed by atoms with van der Waals surface area (Å²) in [6, 6.07) is 2.06. The Kier molecular flexibility index (Phi) is 3.22. The first-order valence-corrected chi connectivity index (χ1v) is 7.99. The number of aromatic amines is 1. The maximum Gasteiger partial charge on any atom is 0.192 e. The molecule has 1 heterocycles. The molecule has 0 saturated heterocycles. The number of nitrogens with one attached hydrogen (secondary N) is 1. The molecular formula is C11H21NOSi. The van der Waals surface area contributed by atoms with Crippen LogP contribution >= 0.6 is 0 Å². The Morgan fingerprint density at radius 1 is 1.36 bits per heavy atom. The topological polar surface area (TPSA) is 25.0 Å². The molecule has 0 radical (unpaired) electrons. The Morgan fingerprint density at radius 3 is 2.43 bits per heavy atom. The van der Waals surface area contributed by atoms with Crippen LogP contribution in [0.4, 0.5) is 0 Å². The smallest absolute Gasteiger partial charge is 0.192 e. The highest BCUT2D eigenvalue weighted by Crippen LogP contribution is 2.36. The van der Waals surface area contributed by atoms with Gasteiger partial charge in [0.05, 0.1) is 6.61 Å². The predicted octanol–water partition coefficient (Wildman–Crippen LogP) is 3.54. The van der Waals surface area contributed by atoms with Crippen molar-refractivity contribution in [1.82, 2.24) is 4.98 Å². The summed E-state index contributed by atoms with van der Waals surface area (Å²) in [5, 5.41) is 0.295. The Morgan fingerprint density at radius 2 is 2.00 bits per heavy atom. The standard InChI is InChI=1S/C11H21NOSi/c1-11(2,3)14(4,5)13-9-10-6-7-12-8-10/h6-8,12H,9H2,1-5H3. The second kappa shape index (κ2) is 3.91.